The molecule has 2 heteroatoms. The van der Waals surface area contributed by atoms with Gasteiger partial charge in [0.1, 0.15) is 6.29 Å². The zero-order valence-electron chi connectivity index (χ0n) is 20.3. The van der Waals surface area contributed by atoms with Crippen LogP contribution in [-0.2, 0) is 0 Å². The highest BCUT2D eigenvalue weighted by Gasteiger charge is 2.15. The summed E-state index contributed by atoms with van der Waals surface area (Å²) in [6.45, 7) is 0. The number of carbonyl (C=O) groups excluding carboxylic acids is 1. The molecule has 0 atom stereocenters. The van der Waals surface area contributed by atoms with Gasteiger partial charge in [0.25, 0.3) is 0 Å². The van der Waals surface area contributed by atoms with E-state index in [2.05, 4.69) is 120 Å². The average molecular weight is 476 g/mol. The summed E-state index contributed by atoms with van der Waals surface area (Å²) < 4.78 is 0. The van der Waals surface area contributed by atoms with Crippen molar-refractivity contribution in [3.8, 4) is 22.3 Å². The highest BCUT2D eigenvalue weighted by molar-refractivity contribution is 5.99. The minimum Gasteiger partial charge on any atom is -0.310 e. The molecule has 0 saturated carbocycles. The topological polar surface area (TPSA) is 20.3 Å². The van der Waals surface area contributed by atoms with Crippen molar-refractivity contribution in [1.82, 2.24) is 0 Å². The Morgan fingerprint density at radius 3 is 1.54 bits per heavy atom. The number of hydrogen-bond donors (Lipinski definition) is 0. The molecule has 6 rings (SSSR count). The smallest absolute Gasteiger partial charge is 0.150 e. The number of carbonyl (C=O) groups is 1. The van der Waals surface area contributed by atoms with E-state index in [0.29, 0.717) is 5.56 Å². The van der Waals surface area contributed by atoms with Crippen molar-refractivity contribution in [1.29, 1.82) is 0 Å². The molecule has 0 fully saturated rings. The van der Waals surface area contributed by atoms with Gasteiger partial charge in [0.15, 0.2) is 0 Å². The molecule has 0 aliphatic carbocycles. The van der Waals surface area contributed by atoms with Crippen LogP contribution in [0.25, 0.3) is 33.0 Å². The number of nitrogens with zero attached hydrogens (tertiary/aromatic N) is 1. The number of para-hydroxylation sites is 1. The second-order valence-electron chi connectivity index (χ2n) is 9.03. The first-order valence-corrected chi connectivity index (χ1v) is 12.4. The fourth-order valence-electron chi connectivity index (χ4n) is 4.82. The Balaban J connectivity index is 1.35. The molecule has 2 nitrogen and oxygen atoms in total. The molecule has 0 aromatic heterocycles. The fourth-order valence-corrected chi connectivity index (χ4v) is 4.82. The first kappa shape index (κ1) is 22.5. The summed E-state index contributed by atoms with van der Waals surface area (Å²) in [7, 11) is 0. The first-order valence-electron chi connectivity index (χ1n) is 12.4. The van der Waals surface area contributed by atoms with Crippen LogP contribution >= 0.6 is 0 Å². The van der Waals surface area contributed by atoms with Gasteiger partial charge in [0.2, 0.25) is 0 Å². The molecular weight excluding hydrogens is 450 g/mol. The SMILES string of the molecule is O=Cc1ccc(-c2ccc(-c3ccc(N(c4ccccc4)c4cccc5ccccc45)cc3)cc2)cc1. The van der Waals surface area contributed by atoms with E-state index in [9.17, 15) is 4.79 Å². The molecule has 6 aromatic rings. The second kappa shape index (κ2) is 9.96. The van der Waals surface area contributed by atoms with Crippen LogP contribution in [0.5, 0.6) is 0 Å². The summed E-state index contributed by atoms with van der Waals surface area (Å²) in [5.74, 6) is 0. The Labute approximate surface area is 217 Å². The number of aldehydes is 1. The number of fused-ring (bicyclic) bond motifs is 1. The average Bonchev–Trinajstić information content (AvgIpc) is 2.98. The lowest BCUT2D eigenvalue weighted by Gasteiger charge is -2.27. The molecule has 0 heterocycles. The molecule has 0 unspecified atom stereocenters. The second-order valence-corrected chi connectivity index (χ2v) is 9.03. The zero-order chi connectivity index (χ0) is 25.0. The van der Waals surface area contributed by atoms with Gasteiger partial charge < -0.3 is 4.90 Å². The normalized spacial score (nSPS) is 10.8. The van der Waals surface area contributed by atoms with Crippen LogP contribution in [0.2, 0.25) is 0 Å². The van der Waals surface area contributed by atoms with E-state index in [0.717, 1.165) is 45.6 Å². The van der Waals surface area contributed by atoms with Gasteiger partial charge in [-0.15, -0.1) is 0 Å². The van der Waals surface area contributed by atoms with Crippen molar-refractivity contribution in [3.63, 3.8) is 0 Å². The lowest BCUT2D eigenvalue weighted by Crippen LogP contribution is -2.10. The van der Waals surface area contributed by atoms with Crippen molar-refractivity contribution < 1.29 is 4.79 Å². The van der Waals surface area contributed by atoms with E-state index in [1.165, 1.54) is 10.8 Å². The Kier molecular flexibility index (Phi) is 6.06. The lowest BCUT2D eigenvalue weighted by atomic mass is 9.99. The molecule has 0 saturated heterocycles. The van der Waals surface area contributed by atoms with Crippen molar-refractivity contribution in [2.75, 3.05) is 4.90 Å². The highest BCUT2D eigenvalue weighted by Crippen LogP contribution is 2.39. The van der Waals surface area contributed by atoms with Gasteiger partial charge in [-0.05, 0) is 58.0 Å². The number of rotatable bonds is 6. The number of anilines is 3. The standard InChI is InChI=1S/C35H25NO/c37-25-26-13-15-27(16-14-26)28-17-19-29(20-18-28)30-21-23-33(24-22-30)36(32-9-2-1-3-10-32)35-12-6-8-31-7-4-5-11-34(31)35/h1-25H. The summed E-state index contributed by atoms with van der Waals surface area (Å²) in [6.07, 6.45) is 0.871. The predicted octanol–water partition coefficient (Wildman–Crippen LogP) is 9.46. The molecule has 0 bridgehead atoms. The van der Waals surface area contributed by atoms with Crippen LogP contribution in [0, 0.1) is 0 Å². The third-order valence-electron chi connectivity index (χ3n) is 6.75. The number of hydrogen-bond acceptors (Lipinski definition) is 2. The maximum atomic E-state index is 10.9. The predicted molar refractivity (Wildman–Crippen MR) is 155 cm³/mol. The maximum absolute atomic E-state index is 10.9. The van der Waals surface area contributed by atoms with E-state index in [1.807, 2.05) is 30.3 Å². The van der Waals surface area contributed by atoms with Gasteiger partial charge in [-0.2, -0.15) is 0 Å². The van der Waals surface area contributed by atoms with Crippen molar-refractivity contribution in [2.45, 2.75) is 0 Å². The molecule has 0 aliphatic heterocycles. The van der Waals surface area contributed by atoms with Crippen LogP contribution in [0.15, 0.2) is 146 Å². The lowest BCUT2D eigenvalue weighted by molar-refractivity contribution is 0.112. The monoisotopic (exact) mass is 475 g/mol. The van der Waals surface area contributed by atoms with Crippen molar-refractivity contribution >= 4 is 34.1 Å². The fraction of sp³-hybridized carbons (Fsp3) is 0. The molecule has 0 aliphatic rings. The summed E-state index contributed by atoms with van der Waals surface area (Å²) in [5.41, 5.74) is 8.63. The van der Waals surface area contributed by atoms with Crippen LogP contribution in [0.1, 0.15) is 10.4 Å². The summed E-state index contributed by atoms with van der Waals surface area (Å²) >= 11 is 0. The van der Waals surface area contributed by atoms with Gasteiger partial charge in [-0.3, -0.25) is 4.79 Å². The summed E-state index contributed by atoms with van der Waals surface area (Å²) in [5, 5.41) is 2.44. The molecule has 37 heavy (non-hydrogen) atoms. The third-order valence-corrected chi connectivity index (χ3v) is 6.75. The molecule has 0 radical (unpaired) electrons. The van der Waals surface area contributed by atoms with Crippen molar-refractivity contribution in [2.24, 2.45) is 0 Å². The van der Waals surface area contributed by atoms with Gasteiger partial charge >= 0.3 is 0 Å². The third kappa shape index (κ3) is 4.53. The molecule has 0 N–H and O–H groups in total. The van der Waals surface area contributed by atoms with Crippen LogP contribution in [0.3, 0.4) is 0 Å². The molecule has 6 aromatic carbocycles. The maximum Gasteiger partial charge on any atom is 0.150 e. The van der Waals surface area contributed by atoms with Crippen LogP contribution in [-0.4, -0.2) is 6.29 Å². The van der Waals surface area contributed by atoms with E-state index in [1.54, 1.807) is 0 Å². The Hall–Kier alpha value is -4.95. The Morgan fingerprint density at radius 2 is 0.919 bits per heavy atom. The first-order chi connectivity index (χ1) is 18.3. The van der Waals surface area contributed by atoms with Gasteiger partial charge in [0, 0.05) is 22.3 Å². The number of benzene rings is 6. The van der Waals surface area contributed by atoms with Crippen molar-refractivity contribution in [3.05, 3.63) is 151 Å². The van der Waals surface area contributed by atoms with E-state index >= 15 is 0 Å². The van der Waals surface area contributed by atoms with Crippen LogP contribution < -0.4 is 4.90 Å². The molecular formula is C35H25NO. The summed E-state index contributed by atoms with van der Waals surface area (Å²) in [6, 6.07) is 50.5. The quantitative estimate of drug-likeness (QED) is 0.224. The van der Waals surface area contributed by atoms with E-state index in [4.69, 9.17) is 0 Å². The largest absolute Gasteiger partial charge is 0.310 e. The molecule has 0 amide bonds. The highest BCUT2D eigenvalue weighted by atomic mass is 16.1. The van der Waals surface area contributed by atoms with Crippen LogP contribution in [0.4, 0.5) is 17.1 Å². The minimum atomic E-state index is 0.688. The van der Waals surface area contributed by atoms with E-state index in [-0.39, 0.29) is 0 Å². The van der Waals surface area contributed by atoms with Gasteiger partial charge in [-0.25, -0.2) is 0 Å². The van der Waals surface area contributed by atoms with Gasteiger partial charge in [-0.1, -0.05) is 115 Å². The van der Waals surface area contributed by atoms with E-state index < -0.39 is 0 Å². The molecule has 176 valence electrons. The minimum absolute atomic E-state index is 0.688. The zero-order valence-corrected chi connectivity index (χ0v) is 20.3. The molecule has 0 spiro atoms. The Morgan fingerprint density at radius 1 is 0.432 bits per heavy atom. The Bertz CT molecular complexity index is 1650. The van der Waals surface area contributed by atoms with Gasteiger partial charge in [0.05, 0.1) is 5.69 Å². The summed E-state index contributed by atoms with van der Waals surface area (Å²) in [4.78, 5) is 13.3.